The zero-order chi connectivity index (χ0) is 29.8. The van der Waals surface area contributed by atoms with Crippen LogP contribution in [0.1, 0.15) is 50.0 Å². The van der Waals surface area contributed by atoms with E-state index in [4.69, 9.17) is 14.2 Å². The number of thiophene rings is 1. The van der Waals surface area contributed by atoms with Crippen molar-refractivity contribution in [2.45, 2.75) is 45.6 Å². The van der Waals surface area contributed by atoms with E-state index in [1.807, 2.05) is 18.2 Å². The minimum atomic E-state index is -0.309. The Labute approximate surface area is 260 Å². The van der Waals surface area contributed by atoms with Gasteiger partial charge in [0.15, 0.2) is 11.5 Å². The van der Waals surface area contributed by atoms with E-state index in [1.54, 1.807) is 49.6 Å². The molecular weight excluding hydrogens is 576 g/mol. The Kier molecular flexibility index (Phi) is 14.7. The lowest BCUT2D eigenvalue weighted by atomic mass is 10.1. The van der Waals surface area contributed by atoms with Crippen molar-refractivity contribution >= 4 is 52.3 Å². The first-order chi connectivity index (χ1) is 19.8. The summed E-state index contributed by atoms with van der Waals surface area (Å²) in [5.41, 5.74) is 1.30. The summed E-state index contributed by atoms with van der Waals surface area (Å²) in [7, 11) is 4.94. The molecule has 3 rings (SSSR count). The molecule has 1 saturated heterocycles. The van der Waals surface area contributed by atoms with Crippen molar-refractivity contribution in [3.8, 4) is 17.6 Å². The fourth-order valence-corrected chi connectivity index (χ4v) is 5.71. The smallest absolute Gasteiger partial charge is 0.306 e. The van der Waals surface area contributed by atoms with Crippen molar-refractivity contribution in [2.75, 3.05) is 65.4 Å². The SMILES string of the molecule is CCN(CC)CCN(C)C(=O)CCC(=O)OC1CCN(c2ccc(C=C(C#N)c3ccc(OC)c(OC)c3)s2)CC1.Cl. The number of nitriles is 1. The summed E-state index contributed by atoms with van der Waals surface area (Å²) < 4.78 is 16.4. The predicted octanol–water partition coefficient (Wildman–Crippen LogP) is 5.34. The first-order valence-electron chi connectivity index (χ1n) is 14.2. The van der Waals surface area contributed by atoms with E-state index in [9.17, 15) is 14.9 Å². The second-order valence-electron chi connectivity index (χ2n) is 9.93. The van der Waals surface area contributed by atoms with Crippen molar-refractivity contribution in [1.29, 1.82) is 5.26 Å². The summed E-state index contributed by atoms with van der Waals surface area (Å²) in [5.74, 6) is 0.851. The number of halogens is 1. The predicted molar refractivity (Wildman–Crippen MR) is 171 cm³/mol. The third kappa shape index (κ3) is 9.93. The quantitative estimate of drug-likeness (QED) is 0.207. The molecule has 11 heteroatoms. The Morgan fingerprint density at radius 3 is 2.36 bits per heavy atom. The van der Waals surface area contributed by atoms with Crippen LogP contribution in [-0.2, 0) is 14.3 Å². The number of hydrogen-bond acceptors (Lipinski definition) is 9. The van der Waals surface area contributed by atoms with Gasteiger partial charge in [0.25, 0.3) is 0 Å². The van der Waals surface area contributed by atoms with Gasteiger partial charge in [0, 0.05) is 57.4 Å². The summed E-state index contributed by atoms with van der Waals surface area (Å²) in [6.45, 7) is 9.16. The molecule has 1 aromatic heterocycles. The number of amides is 1. The van der Waals surface area contributed by atoms with E-state index in [0.717, 1.165) is 61.0 Å². The number of methoxy groups -OCH3 is 2. The van der Waals surface area contributed by atoms with E-state index in [1.165, 1.54) is 0 Å². The monoisotopic (exact) mass is 618 g/mol. The maximum atomic E-state index is 12.4. The highest BCUT2D eigenvalue weighted by molar-refractivity contribution is 7.17. The molecule has 0 atom stereocenters. The number of anilines is 1. The zero-order valence-electron chi connectivity index (χ0n) is 25.3. The Morgan fingerprint density at radius 2 is 1.74 bits per heavy atom. The molecule has 0 unspecified atom stereocenters. The van der Waals surface area contributed by atoms with Crippen LogP contribution >= 0.6 is 23.7 Å². The Bertz CT molecular complexity index is 1230. The van der Waals surface area contributed by atoms with E-state index in [-0.39, 0.29) is 43.2 Å². The van der Waals surface area contributed by atoms with Gasteiger partial charge in [-0.25, -0.2) is 0 Å². The fraction of sp³-hybridized carbons (Fsp3) is 0.516. The molecule has 1 aliphatic rings. The lowest BCUT2D eigenvalue weighted by Crippen LogP contribution is -2.38. The molecule has 1 fully saturated rings. The molecular formula is C31H43ClN4O5S. The number of hydrogen-bond donors (Lipinski definition) is 0. The number of allylic oxidation sites excluding steroid dienone is 1. The number of carbonyl (C=O) groups excluding carboxylic acids is 2. The first-order valence-corrected chi connectivity index (χ1v) is 15.0. The molecule has 0 N–H and O–H groups in total. The van der Waals surface area contributed by atoms with E-state index in [2.05, 4.69) is 35.8 Å². The van der Waals surface area contributed by atoms with Crippen LogP contribution in [0, 0.1) is 11.3 Å². The number of nitrogens with zero attached hydrogens (tertiary/aromatic N) is 4. The fourth-order valence-electron chi connectivity index (χ4n) is 4.71. The molecule has 230 valence electrons. The molecule has 0 radical (unpaired) electrons. The Morgan fingerprint density at radius 1 is 1.05 bits per heavy atom. The van der Waals surface area contributed by atoms with Crippen molar-refractivity contribution < 1.29 is 23.8 Å². The van der Waals surface area contributed by atoms with Crippen LogP contribution in [0.2, 0.25) is 0 Å². The van der Waals surface area contributed by atoms with Gasteiger partial charge in [-0.05, 0) is 55.1 Å². The molecule has 42 heavy (non-hydrogen) atoms. The summed E-state index contributed by atoms with van der Waals surface area (Å²) in [6, 6.07) is 11.8. The summed E-state index contributed by atoms with van der Waals surface area (Å²) >= 11 is 1.62. The van der Waals surface area contributed by atoms with Crippen LogP contribution in [-0.4, -0.2) is 88.3 Å². The molecule has 0 bridgehead atoms. The van der Waals surface area contributed by atoms with Gasteiger partial charge in [0.1, 0.15) is 6.10 Å². The second-order valence-corrected chi connectivity index (χ2v) is 11.0. The standard InChI is InChI=1S/C31H42N4O5S.ClH/c1-6-34(7-2)19-18-33(3)29(36)11-13-31(37)40-25-14-16-35(17-15-25)30-12-9-26(41-30)20-24(22-32)23-8-10-27(38-4)28(21-23)39-5;/h8-10,12,20-21,25H,6-7,11,13-19H2,1-5H3;1H. The van der Waals surface area contributed by atoms with Gasteiger partial charge in [-0.2, -0.15) is 5.26 Å². The number of ether oxygens (including phenoxy) is 3. The summed E-state index contributed by atoms with van der Waals surface area (Å²) in [5, 5.41) is 10.9. The van der Waals surface area contributed by atoms with Gasteiger partial charge >= 0.3 is 5.97 Å². The van der Waals surface area contributed by atoms with E-state index in [0.29, 0.717) is 23.6 Å². The van der Waals surface area contributed by atoms with E-state index >= 15 is 0 Å². The molecule has 2 aromatic rings. The molecule has 0 spiro atoms. The first kappa shape index (κ1) is 34.9. The van der Waals surface area contributed by atoms with Crippen molar-refractivity contribution in [3.05, 3.63) is 40.8 Å². The maximum absolute atomic E-state index is 12.4. The summed E-state index contributed by atoms with van der Waals surface area (Å²) in [4.78, 5) is 32.1. The third-order valence-corrected chi connectivity index (χ3v) is 8.47. The van der Waals surface area contributed by atoms with Crippen LogP contribution in [0.4, 0.5) is 5.00 Å². The summed E-state index contributed by atoms with van der Waals surface area (Å²) in [6.07, 6.45) is 3.50. The highest BCUT2D eigenvalue weighted by Gasteiger charge is 2.24. The largest absolute Gasteiger partial charge is 0.493 e. The number of benzene rings is 1. The second kappa shape index (κ2) is 17.6. The van der Waals surface area contributed by atoms with Gasteiger partial charge < -0.3 is 28.9 Å². The van der Waals surface area contributed by atoms with Gasteiger partial charge in [0.05, 0.1) is 37.3 Å². The zero-order valence-corrected chi connectivity index (χ0v) is 26.9. The molecule has 0 saturated carbocycles. The topological polar surface area (TPSA) is 95.3 Å². The van der Waals surface area contributed by atoms with Crippen LogP contribution in [0.15, 0.2) is 30.3 Å². The van der Waals surface area contributed by atoms with Crippen molar-refractivity contribution in [3.63, 3.8) is 0 Å². The maximum Gasteiger partial charge on any atom is 0.306 e. The van der Waals surface area contributed by atoms with Gasteiger partial charge in [0.2, 0.25) is 5.91 Å². The lowest BCUT2D eigenvalue weighted by Gasteiger charge is -2.32. The Hall–Kier alpha value is -3.26. The minimum absolute atomic E-state index is 0. The number of rotatable bonds is 14. The minimum Gasteiger partial charge on any atom is -0.493 e. The average molecular weight is 619 g/mol. The number of likely N-dealkylation sites (N-methyl/N-ethyl adjacent to an activating group) is 2. The molecule has 0 aliphatic carbocycles. The Balaban J connectivity index is 0.00000616. The number of carbonyl (C=O) groups is 2. The van der Waals surface area contributed by atoms with Crippen molar-refractivity contribution in [2.24, 2.45) is 0 Å². The molecule has 1 aliphatic heterocycles. The van der Waals surface area contributed by atoms with Crippen LogP contribution in [0.25, 0.3) is 11.6 Å². The van der Waals surface area contributed by atoms with E-state index < -0.39 is 0 Å². The average Bonchev–Trinajstić information content (AvgIpc) is 3.47. The lowest BCUT2D eigenvalue weighted by molar-refractivity contribution is -0.151. The van der Waals surface area contributed by atoms with Crippen LogP contribution in [0.5, 0.6) is 11.5 Å². The van der Waals surface area contributed by atoms with Crippen LogP contribution in [0.3, 0.4) is 0 Å². The molecule has 1 aromatic carbocycles. The van der Waals surface area contributed by atoms with Gasteiger partial charge in [-0.15, -0.1) is 23.7 Å². The number of piperidine rings is 1. The normalized spacial score (nSPS) is 13.7. The van der Waals surface area contributed by atoms with Crippen molar-refractivity contribution in [1.82, 2.24) is 9.80 Å². The highest BCUT2D eigenvalue weighted by atomic mass is 35.5. The number of esters is 1. The van der Waals surface area contributed by atoms with Gasteiger partial charge in [-0.1, -0.05) is 13.8 Å². The molecule has 1 amide bonds. The van der Waals surface area contributed by atoms with Crippen LogP contribution < -0.4 is 14.4 Å². The third-order valence-electron chi connectivity index (χ3n) is 7.38. The molecule has 9 nitrogen and oxygen atoms in total. The highest BCUT2D eigenvalue weighted by Crippen LogP contribution is 2.34. The van der Waals surface area contributed by atoms with Gasteiger partial charge in [-0.3, -0.25) is 9.59 Å². The molecule has 2 heterocycles.